The maximum absolute atomic E-state index is 5.85. The Morgan fingerprint density at radius 1 is 1.62 bits per heavy atom. The maximum Gasteiger partial charge on any atom is 0.196 e. The van der Waals surface area contributed by atoms with E-state index in [4.69, 9.17) is 23.8 Å². The number of benzene rings is 1. The summed E-state index contributed by atoms with van der Waals surface area (Å²) in [6, 6.07) is 5.36. The summed E-state index contributed by atoms with van der Waals surface area (Å²) in [6.07, 6.45) is 1.72. The predicted molar refractivity (Wildman–Crippen MR) is 68.7 cm³/mol. The van der Waals surface area contributed by atoms with Crippen LogP contribution in [0.2, 0.25) is 5.02 Å². The third-order valence-corrected chi connectivity index (χ3v) is 2.55. The van der Waals surface area contributed by atoms with Gasteiger partial charge in [0.15, 0.2) is 5.11 Å². The van der Waals surface area contributed by atoms with Crippen LogP contribution in [0.4, 0.5) is 0 Å². The molecule has 6 heteroatoms. The molecule has 0 radical (unpaired) electrons. The van der Waals surface area contributed by atoms with E-state index in [1.54, 1.807) is 22.9 Å². The number of fused-ring (bicyclic) bond motifs is 1. The fourth-order valence-corrected chi connectivity index (χ4v) is 1.67. The average Bonchev–Trinajstić information content (AvgIpc) is 2.68. The molecule has 4 nitrogen and oxygen atoms in total. The molecular formula is C10H9ClN4S. The molecule has 1 aromatic heterocycles. The van der Waals surface area contributed by atoms with Crippen molar-refractivity contribution in [2.24, 2.45) is 0 Å². The first kappa shape index (κ1) is 11.0. The summed E-state index contributed by atoms with van der Waals surface area (Å²) in [5.74, 6) is 0. The van der Waals surface area contributed by atoms with Crippen LogP contribution in [0.3, 0.4) is 0 Å². The maximum atomic E-state index is 5.85. The third-order valence-electron chi connectivity index (χ3n) is 2.00. The van der Waals surface area contributed by atoms with Gasteiger partial charge < -0.3 is 5.32 Å². The smallest absolute Gasteiger partial charge is 0.196 e. The molecule has 0 fully saturated rings. The summed E-state index contributed by atoms with van der Waals surface area (Å²) < 4.78 is 1.56. The number of halogens is 1. The lowest BCUT2D eigenvalue weighted by molar-refractivity contribution is 0.834. The summed E-state index contributed by atoms with van der Waals surface area (Å²) in [6.45, 7) is 4.19. The van der Waals surface area contributed by atoms with Crippen molar-refractivity contribution in [1.29, 1.82) is 0 Å². The molecule has 82 valence electrons. The summed E-state index contributed by atoms with van der Waals surface area (Å²) in [4.78, 5) is 0. The van der Waals surface area contributed by atoms with Gasteiger partial charge in [0, 0.05) is 11.6 Å². The molecule has 0 atom stereocenters. The molecule has 16 heavy (non-hydrogen) atoms. The van der Waals surface area contributed by atoms with Crippen LogP contribution < -0.4 is 5.32 Å². The van der Waals surface area contributed by atoms with Crippen LogP contribution in [0.15, 0.2) is 30.9 Å². The second-order valence-electron chi connectivity index (χ2n) is 3.11. The summed E-state index contributed by atoms with van der Waals surface area (Å²) >= 11 is 11.0. The topological polar surface area (TPSA) is 42.7 Å². The number of hydrogen-bond acceptors (Lipinski definition) is 3. The molecule has 1 N–H and O–H groups in total. The van der Waals surface area contributed by atoms with E-state index in [1.165, 1.54) is 0 Å². The van der Waals surface area contributed by atoms with E-state index in [-0.39, 0.29) is 0 Å². The molecule has 0 saturated heterocycles. The molecule has 0 aliphatic carbocycles. The van der Waals surface area contributed by atoms with Gasteiger partial charge in [0.25, 0.3) is 0 Å². The molecule has 0 amide bonds. The highest BCUT2D eigenvalue weighted by Crippen LogP contribution is 2.16. The SMILES string of the molecule is C=CCNC(=S)n1nnc2cc(Cl)ccc21. The normalized spacial score (nSPS) is 10.3. The lowest BCUT2D eigenvalue weighted by Crippen LogP contribution is -2.29. The van der Waals surface area contributed by atoms with Gasteiger partial charge in [0.05, 0.1) is 5.52 Å². The van der Waals surface area contributed by atoms with Crippen LogP contribution in [0.5, 0.6) is 0 Å². The van der Waals surface area contributed by atoms with Crippen LogP contribution in [0.1, 0.15) is 0 Å². The van der Waals surface area contributed by atoms with E-state index < -0.39 is 0 Å². The van der Waals surface area contributed by atoms with Crippen LogP contribution in [0.25, 0.3) is 11.0 Å². The number of aromatic nitrogens is 3. The van der Waals surface area contributed by atoms with E-state index >= 15 is 0 Å². The minimum atomic E-state index is 0.490. The molecule has 2 rings (SSSR count). The second-order valence-corrected chi connectivity index (χ2v) is 3.93. The zero-order valence-corrected chi connectivity index (χ0v) is 9.92. The van der Waals surface area contributed by atoms with E-state index in [0.717, 1.165) is 11.0 Å². The molecule has 2 aromatic rings. The molecular weight excluding hydrogens is 244 g/mol. The molecule has 0 aliphatic rings. The van der Waals surface area contributed by atoms with E-state index in [0.29, 0.717) is 16.7 Å². The van der Waals surface area contributed by atoms with Crippen LogP contribution >= 0.6 is 23.8 Å². The molecule has 1 aromatic carbocycles. The Kier molecular flexibility index (Phi) is 3.17. The predicted octanol–water partition coefficient (Wildman–Crippen LogP) is 1.99. The van der Waals surface area contributed by atoms with Gasteiger partial charge >= 0.3 is 0 Å². The zero-order chi connectivity index (χ0) is 11.5. The van der Waals surface area contributed by atoms with Crippen LogP contribution in [0, 0.1) is 0 Å². The highest BCUT2D eigenvalue weighted by atomic mass is 35.5. The molecule has 0 saturated carbocycles. The number of nitrogens with zero attached hydrogens (tertiary/aromatic N) is 3. The molecule has 0 aliphatic heterocycles. The Bertz CT molecular complexity index is 549. The van der Waals surface area contributed by atoms with E-state index in [1.807, 2.05) is 6.07 Å². The standard InChI is InChI=1S/C10H9ClN4S/c1-2-5-12-10(16)15-9-4-3-7(11)6-8(9)13-14-15/h2-4,6H,1,5H2,(H,12,16). The second kappa shape index (κ2) is 4.59. The number of hydrogen-bond donors (Lipinski definition) is 1. The fraction of sp³-hybridized carbons (Fsp3) is 0.100. The molecule has 0 spiro atoms. The van der Waals surface area contributed by atoms with Crippen LogP contribution in [-0.2, 0) is 0 Å². The van der Waals surface area contributed by atoms with Gasteiger partial charge in [-0.15, -0.1) is 11.7 Å². The zero-order valence-electron chi connectivity index (χ0n) is 8.35. The third kappa shape index (κ3) is 2.05. The van der Waals surface area contributed by atoms with Crippen LogP contribution in [-0.4, -0.2) is 26.7 Å². The van der Waals surface area contributed by atoms with Gasteiger partial charge in [-0.2, -0.15) is 4.68 Å². The Morgan fingerprint density at radius 3 is 3.19 bits per heavy atom. The van der Waals surface area contributed by atoms with Crippen molar-refractivity contribution in [3.05, 3.63) is 35.9 Å². The van der Waals surface area contributed by atoms with Gasteiger partial charge in [-0.25, -0.2) is 0 Å². The molecule has 1 heterocycles. The number of nitrogens with one attached hydrogen (secondary N) is 1. The number of rotatable bonds is 2. The minimum absolute atomic E-state index is 0.490. The Morgan fingerprint density at radius 2 is 2.44 bits per heavy atom. The quantitative estimate of drug-likeness (QED) is 0.656. The van der Waals surface area contributed by atoms with Gasteiger partial charge in [0.1, 0.15) is 5.52 Å². The number of thiocarbonyl (C=S) groups is 1. The van der Waals surface area contributed by atoms with Crippen molar-refractivity contribution in [1.82, 2.24) is 20.3 Å². The Balaban J connectivity index is 2.38. The van der Waals surface area contributed by atoms with Crippen molar-refractivity contribution >= 4 is 40.0 Å². The minimum Gasteiger partial charge on any atom is -0.357 e. The molecule has 0 bridgehead atoms. The first-order valence-corrected chi connectivity index (χ1v) is 5.41. The monoisotopic (exact) mass is 252 g/mol. The largest absolute Gasteiger partial charge is 0.357 e. The van der Waals surface area contributed by atoms with Gasteiger partial charge in [0.2, 0.25) is 0 Å². The van der Waals surface area contributed by atoms with Gasteiger partial charge in [-0.3, -0.25) is 0 Å². The fourth-order valence-electron chi connectivity index (χ4n) is 1.28. The lowest BCUT2D eigenvalue weighted by Gasteiger charge is -2.04. The van der Waals surface area contributed by atoms with Gasteiger partial charge in [-0.05, 0) is 30.4 Å². The Hall–Kier alpha value is -1.46. The summed E-state index contributed by atoms with van der Waals surface area (Å²) in [5.41, 5.74) is 1.54. The highest BCUT2D eigenvalue weighted by Gasteiger charge is 2.07. The van der Waals surface area contributed by atoms with E-state index in [2.05, 4.69) is 22.2 Å². The first-order chi connectivity index (χ1) is 7.72. The average molecular weight is 253 g/mol. The Labute approximate surface area is 103 Å². The first-order valence-electron chi connectivity index (χ1n) is 4.62. The van der Waals surface area contributed by atoms with Crippen molar-refractivity contribution in [2.45, 2.75) is 0 Å². The van der Waals surface area contributed by atoms with Crippen molar-refractivity contribution in [3.8, 4) is 0 Å². The van der Waals surface area contributed by atoms with Crippen molar-refractivity contribution in [2.75, 3.05) is 6.54 Å². The summed E-state index contributed by atoms with van der Waals surface area (Å²) in [7, 11) is 0. The van der Waals surface area contributed by atoms with Crippen molar-refractivity contribution < 1.29 is 0 Å². The highest BCUT2D eigenvalue weighted by molar-refractivity contribution is 7.80. The molecule has 0 unspecified atom stereocenters. The van der Waals surface area contributed by atoms with Crippen molar-refractivity contribution in [3.63, 3.8) is 0 Å². The summed E-state index contributed by atoms with van der Waals surface area (Å²) in [5, 5.41) is 12.0. The van der Waals surface area contributed by atoms with E-state index in [9.17, 15) is 0 Å². The van der Waals surface area contributed by atoms with Gasteiger partial charge in [-0.1, -0.05) is 22.9 Å². The lowest BCUT2D eigenvalue weighted by atomic mass is 10.3.